The average Bonchev–Trinajstić information content (AvgIpc) is 3.36. The fourth-order valence-corrected chi connectivity index (χ4v) is 7.31. The van der Waals surface area contributed by atoms with Crippen molar-refractivity contribution in [3.63, 3.8) is 0 Å². The van der Waals surface area contributed by atoms with E-state index >= 15 is 0 Å². The first kappa shape index (κ1) is 26.6. The van der Waals surface area contributed by atoms with Crippen LogP contribution >= 0.6 is 0 Å². The summed E-state index contributed by atoms with van der Waals surface area (Å²) in [6.07, 6.45) is 0.0850. The van der Waals surface area contributed by atoms with Gasteiger partial charge in [-0.1, -0.05) is 6.07 Å². The molecule has 1 atom stereocenters. The number of aryl methyl sites for hydroxylation is 2. The molecule has 3 fully saturated rings. The number of rotatable bonds is 6. The van der Waals surface area contributed by atoms with Gasteiger partial charge in [-0.05, 0) is 49.9 Å². The van der Waals surface area contributed by atoms with Gasteiger partial charge in [0.25, 0.3) is 5.91 Å². The van der Waals surface area contributed by atoms with Crippen molar-refractivity contribution in [1.82, 2.24) is 14.7 Å². The topological polar surface area (TPSA) is 129 Å². The van der Waals surface area contributed by atoms with Crippen molar-refractivity contribution in [3.8, 4) is 0 Å². The van der Waals surface area contributed by atoms with E-state index in [-0.39, 0.29) is 32.0 Å². The lowest BCUT2D eigenvalue weighted by Crippen LogP contribution is -2.56. The fraction of sp³-hybridized carbons (Fsp3) is 0.667. The Morgan fingerprint density at radius 3 is 2.28 bits per heavy atom. The lowest BCUT2D eigenvalue weighted by atomic mass is 9.79. The number of nitrogens with one attached hydrogen (secondary N) is 1. The van der Waals surface area contributed by atoms with Crippen molar-refractivity contribution in [1.29, 1.82) is 0 Å². The van der Waals surface area contributed by atoms with E-state index in [1.165, 1.54) is 9.21 Å². The molecule has 2 amide bonds. The minimum Gasteiger partial charge on any atom is -0.444 e. The van der Waals surface area contributed by atoms with E-state index in [4.69, 9.17) is 9.47 Å². The fourth-order valence-electron chi connectivity index (χ4n) is 5.29. The summed E-state index contributed by atoms with van der Waals surface area (Å²) in [5, 5.41) is 9.40. The molecule has 0 radical (unpaired) electrons. The molecule has 200 valence electrons. The van der Waals surface area contributed by atoms with Crippen molar-refractivity contribution in [3.05, 3.63) is 29.3 Å². The summed E-state index contributed by atoms with van der Waals surface area (Å²) < 4.78 is 38.9. The van der Waals surface area contributed by atoms with E-state index < -0.39 is 33.2 Å². The Hall–Kier alpha value is -2.41. The average molecular weight is 525 g/mol. The number of benzene rings is 1. The minimum absolute atomic E-state index is 0.109. The van der Waals surface area contributed by atoms with Crippen LogP contribution in [0.1, 0.15) is 30.4 Å². The smallest absolute Gasteiger partial charge is 0.410 e. The monoisotopic (exact) mass is 524 g/mol. The lowest BCUT2D eigenvalue weighted by molar-refractivity contribution is -0.141. The summed E-state index contributed by atoms with van der Waals surface area (Å²) in [5.41, 5.74) is 3.72. The number of carbonyl (C=O) groups excluding carboxylic acids is 2. The molecule has 0 saturated carbocycles. The number of hydrogen-bond donors (Lipinski definition) is 2. The highest BCUT2D eigenvalue weighted by molar-refractivity contribution is 7.89. The highest BCUT2D eigenvalue weighted by atomic mass is 32.2. The molecule has 3 aliphatic heterocycles. The highest BCUT2D eigenvalue weighted by Crippen LogP contribution is 2.35. The summed E-state index contributed by atoms with van der Waals surface area (Å²) in [7, 11) is -3.79. The van der Waals surface area contributed by atoms with Gasteiger partial charge in [-0.15, -0.1) is 0 Å². The van der Waals surface area contributed by atoms with Gasteiger partial charge in [0.15, 0.2) is 0 Å². The van der Waals surface area contributed by atoms with Crippen molar-refractivity contribution in [2.45, 2.75) is 39.2 Å². The lowest BCUT2D eigenvalue weighted by Gasteiger charge is -2.41. The van der Waals surface area contributed by atoms with Crippen LogP contribution in [0.4, 0.5) is 10.5 Å². The van der Waals surface area contributed by atoms with Crippen LogP contribution in [0.2, 0.25) is 0 Å². The molecule has 0 spiro atoms. The van der Waals surface area contributed by atoms with E-state index in [2.05, 4.69) is 23.1 Å². The Labute approximate surface area is 212 Å². The Balaban J connectivity index is 1.38. The second-order valence-corrected chi connectivity index (χ2v) is 12.0. The van der Waals surface area contributed by atoms with Crippen LogP contribution < -0.4 is 10.4 Å². The summed E-state index contributed by atoms with van der Waals surface area (Å²) in [4.78, 5) is 28.8. The number of piperazine rings is 1. The number of likely N-dealkylation sites (tertiary alicyclic amines) is 1. The molecule has 12 heteroatoms. The van der Waals surface area contributed by atoms with Gasteiger partial charge in [-0.25, -0.2) is 18.7 Å². The van der Waals surface area contributed by atoms with Crippen LogP contribution in [0.15, 0.2) is 18.2 Å². The largest absolute Gasteiger partial charge is 0.444 e. The first-order valence-corrected chi connectivity index (χ1v) is 14.0. The third-order valence-corrected chi connectivity index (χ3v) is 9.45. The van der Waals surface area contributed by atoms with E-state index in [1.807, 2.05) is 13.8 Å². The second-order valence-electron chi connectivity index (χ2n) is 10.1. The molecule has 4 rings (SSSR count). The molecule has 3 heterocycles. The van der Waals surface area contributed by atoms with Crippen LogP contribution in [-0.4, -0.2) is 99.2 Å². The number of amides is 2. The number of ether oxygens (including phenoxy) is 2. The van der Waals surface area contributed by atoms with Gasteiger partial charge in [-0.3, -0.25) is 10.0 Å². The van der Waals surface area contributed by atoms with Gasteiger partial charge in [0.1, 0.15) is 6.10 Å². The zero-order valence-corrected chi connectivity index (χ0v) is 21.8. The maximum absolute atomic E-state index is 13.4. The van der Waals surface area contributed by atoms with Gasteiger partial charge in [-0.2, -0.15) is 4.31 Å². The first-order chi connectivity index (χ1) is 17.1. The van der Waals surface area contributed by atoms with E-state index in [9.17, 15) is 23.2 Å². The molecule has 1 aromatic rings. The molecule has 11 nitrogen and oxygen atoms in total. The number of sulfonamides is 1. The molecular formula is C24H36N4O7S. The third-order valence-electron chi connectivity index (χ3n) is 7.38. The van der Waals surface area contributed by atoms with Gasteiger partial charge in [0.2, 0.25) is 10.0 Å². The van der Waals surface area contributed by atoms with Crippen LogP contribution in [-0.2, 0) is 24.3 Å². The predicted molar refractivity (Wildman–Crippen MR) is 132 cm³/mol. The molecule has 0 aromatic heterocycles. The summed E-state index contributed by atoms with van der Waals surface area (Å²) >= 11 is 0. The van der Waals surface area contributed by atoms with Crippen LogP contribution in [0.3, 0.4) is 0 Å². The number of hydroxylamine groups is 1. The van der Waals surface area contributed by atoms with Gasteiger partial charge in [0, 0.05) is 51.4 Å². The van der Waals surface area contributed by atoms with Gasteiger partial charge < -0.3 is 19.3 Å². The molecule has 1 aromatic carbocycles. The molecule has 0 bridgehead atoms. The molecule has 2 N–H and O–H groups in total. The summed E-state index contributed by atoms with van der Waals surface area (Å²) in [6.45, 7) is 7.04. The maximum Gasteiger partial charge on any atom is 0.410 e. The van der Waals surface area contributed by atoms with Gasteiger partial charge >= 0.3 is 6.09 Å². The maximum atomic E-state index is 13.4. The standard InChI is InChI=1S/C24H36N4O7S/c1-18-13-19(2)15-20(14-18)26-8-10-28(11-9-26)36(32,33)17-24(22(29)25-31)4-6-27(7-5-24)23(30)35-21-3-12-34-16-21/h13-15,21,31H,3-12,16-17H2,1-2H3,(H,25,29)/t21-/m0/s1. The van der Waals surface area contributed by atoms with Crippen LogP contribution in [0, 0.1) is 19.3 Å². The Bertz CT molecular complexity index is 1040. The van der Waals surface area contributed by atoms with Crippen LogP contribution in [0.5, 0.6) is 0 Å². The molecule has 3 saturated heterocycles. The number of piperidine rings is 1. The van der Waals surface area contributed by atoms with Gasteiger partial charge in [0.05, 0.1) is 24.4 Å². The quantitative estimate of drug-likeness (QED) is 0.421. The second kappa shape index (κ2) is 10.9. The highest BCUT2D eigenvalue weighted by Gasteiger charge is 2.47. The SMILES string of the molecule is Cc1cc(C)cc(N2CCN(S(=O)(=O)CC3(C(=O)NO)CCN(C(=O)O[C@H]4CCOC4)CC3)CC2)c1. The molecule has 36 heavy (non-hydrogen) atoms. The van der Waals surface area contributed by atoms with E-state index in [0.717, 1.165) is 16.8 Å². The molecule has 3 aliphatic rings. The minimum atomic E-state index is -3.79. The number of nitrogens with zero attached hydrogens (tertiary/aromatic N) is 3. The van der Waals surface area contributed by atoms with Crippen molar-refractivity contribution in [2.24, 2.45) is 5.41 Å². The number of anilines is 1. The molecule has 0 unspecified atom stereocenters. The number of hydrogen-bond acceptors (Lipinski definition) is 8. The Morgan fingerprint density at radius 1 is 1.08 bits per heavy atom. The normalized spacial score (nSPS) is 22.9. The summed E-state index contributed by atoms with van der Waals surface area (Å²) in [6, 6.07) is 6.29. The molecule has 0 aliphatic carbocycles. The Morgan fingerprint density at radius 2 is 1.72 bits per heavy atom. The zero-order chi connectivity index (χ0) is 25.9. The predicted octanol–water partition coefficient (Wildman–Crippen LogP) is 1.27. The van der Waals surface area contributed by atoms with E-state index in [0.29, 0.717) is 45.8 Å². The van der Waals surface area contributed by atoms with Crippen molar-refractivity contribution >= 4 is 27.7 Å². The summed E-state index contributed by atoms with van der Waals surface area (Å²) in [5.74, 6) is -1.16. The Kier molecular flexibility index (Phi) is 8.08. The van der Waals surface area contributed by atoms with E-state index in [1.54, 1.807) is 5.48 Å². The first-order valence-electron chi connectivity index (χ1n) is 12.4. The molecular weight excluding hydrogens is 488 g/mol. The number of carbonyl (C=O) groups is 2. The van der Waals surface area contributed by atoms with Crippen LogP contribution in [0.25, 0.3) is 0 Å². The third kappa shape index (κ3) is 5.93. The zero-order valence-electron chi connectivity index (χ0n) is 20.9. The van der Waals surface area contributed by atoms with Crippen molar-refractivity contribution in [2.75, 3.05) is 63.1 Å². The van der Waals surface area contributed by atoms with Crippen molar-refractivity contribution < 1.29 is 32.7 Å².